The van der Waals surface area contributed by atoms with Gasteiger partial charge in [0.05, 0.1) is 7.11 Å². The Morgan fingerprint density at radius 2 is 1.94 bits per heavy atom. The van der Waals surface area contributed by atoms with E-state index in [2.05, 4.69) is 12.1 Å². The monoisotopic (exact) mass is 211 g/mol. The molecule has 0 radical (unpaired) electrons. The summed E-state index contributed by atoms with van der Waals surface area (Å²) in [7, 11) is 1.71. The standard InChI is InChI=1S/C14H13NO/c1-16-13-7-2-4-9-8-11-10(14(9)13)5-3-6-12(11)15/h2-7H,8,15H2,1H3. The van der Waals surface area contributed by atoms with Gasteiger partial charge in [0.25, 0.3) is 0 Å². The largest absolute Gasteiger partial charge is 0.496 e. The van der Waals surface area contributed by atoms with Crippen LogP contribution in [0.5, 0.6) is 5.75 Å². The van der Waals surface area contributed by atoms with E-state index in [4.69, 9.17) is 10.5 Å². The number of hydrogen-bond acceptors (Lipinski definition) is 2. The molecule has 16 heavy (non-hydrogen) atoms. The average molecular weight is 211 g/mol. The van der Waals surface area contributed by atoms with Gasteiger partial charge >= 0.3 is 0 Å². The van der Waals surface area contributed by atoms with Crippen molar-refractivity contribution in [2.45, 2.75) is 6.42 Å². The third-order valence-corrected chi connectivity index (χ3v) is 3.18. The van der Waals surface area contributed by atoms with Crippen LogP contribution in [0.4, 0.5) is 5.69 Å². The van der Waals surface area contributed by atoms with Crippen LogP contribution in [0.25, 0.3) is 11.1 Å². The molecule has 0 saturated carbocycles. The first kappa shape index (κ1) is 9.28. The fourth-order valence-corrected chi connectivity index (χ4v) is 2.43. The van der Waals surface area contributed by atoms with E-state index in [0.717, 1.165) is 17.9 Å². The van der Waals surface area contributed by atoms with Crippen LogP contribution in [0.1, 0.15) is 11.1 Å². The highest BCUT2D eigenvalue weighted by atomic mass is 16.5. The molecule has 0 aliphatic heterocycles. The Bertz CT molecular complexity index is 561. The van der Waals surface area contributed by atoms with Crippen molar-refractivity contribution in [2.75, 3.05) is 12.8 Å². The number of nitrogens with two attached hydrogens (primary N) is 1. The smallest absolute Gasteiger partial charge is 0.126 e. The molecule has 2 aromatic carbocycles. The van der Waals surface area contributed by atoms with Gasteiger partial charge in [-0.25, -0.2) is 0 Å². The van der Waals surface area contributed by atoms with Gasteiger partial charge in [-0.3, -0.25) is 0 Å². The summed E-state index contributed by atoms with van der Waals surface area (Å²) in [5.74, 6) is 0.932. The zero-order valence-corrected chi connectivity index (χ0v) is 9.16. The van der Waals surface area contributed by atoms with Gasteiger partial charge in [-0.15, -0.1) is 0 Å². The Labute approximate surface area is 94.7 Å². The van der Waals surface area contributed by atoms with Gasteiger partial charge in [0, 0.05) is 17.7 Å². The summed E-state index contributed by atoms with van der Waals surface area (Å²) >= 11 is 0. The van der Waals surface area contributed by atoms with Crippen LogP contribution >= 0.6 is 0 Å². The van der Waals surface area contributed by atoms with Crippen LogP contribution in [-0.4, -0.2) is 7.11 Å². The van der Waals surface area contributed by atoms with Gasteiger partial charge in [0.2, 0.25) is 0 Å². The van der Waals surface area contributed by atoms with Crippen molar-refractivity contribution in [1.82, 2.24) is 0 Å². The summed E-state index contributed by atoms with van der Waals surface area (Å²) in [5, 5.41) is 0. The zero-order valence-electron chi connectivity index (χ0n) is 9.16. The fraction of sp³-hybridized carbons (Fsp3) is 0.143. The second-order valence-electron chi connectivity index (χ2n) is 4.04. The van der Waals surface area contributed by atoms with Crippen molar-refractivity contribution in [3.8, 4) is 16.9 Å². The lowest BCUT2D eigenvalue weighted by atomic mass is 10.0. The number of hydrogen-bond donors (Lipinski definition) is 1. The van der Waals surface area contributed by atoms with E-state index < -0.39 is 0 Å². The Kier molecular flexibility index (Phi) is 1.90. The summed E-state index contributed by atoms with van der Waals surface area (Å²) in [5.41, 5.74) is 11.8. The summed E-state index contributed by atoms with van der Waals surface area (Å²) < 4.78 is 5.41. The fourth-order valence-electron chi connectivity index (χ4n) is 2.43. The molecule has 0 bridgehead atoms. The van der Waals surface area contributed by atoms with Gasteiger partial charge < -0.3 is 10.5 Å². The average Bonchev–Trinajstić information content (AvgIpc) is 2.69. The molecular formula is C14H13NO. The maximum absolute atomic E-state index is 6.00. The van der Waals surface area contributed by atoms with Crippen LogP contribution < -0.4 is 10.5 Å². The number of fused-ring (bicyclic) bond motifs is 3. The van der Waals surface area contributed by atoms with Gasteiger partial charge in [-0.05, 0) is 28.8 Å². The summed E-state index contributed by atoms with van der Waals surface area (Å²) in [6, 6.07) is 12.2. The highest BCUT2D eigenvalue weighted by Crippen LogP contribution is 2.44. The van der Waals surface area contributed by atoms with Crippen molar-refractivity contribution in [2.24, 2.45) is 0 Å². The van der Waals surface area contributed by atoms with Crippen molar-refractivity contribution < 1.29 is 4.74 Å². The first-order valence-electron chi connectivity index (χ1n) is 5.35. The first-order chi connectivity index (χ1) is 7.81. The quantitative estimate of drug-likeness (QED) is 0.628. The maximum Gasteiger partial charge on any atom is 0.126 e. The molecular weight excluding hydrogens is 198 g/mol. The minimum absolute atomic E-state index is 0.871. The van der Waals surface area contributed by atoms with Crippen molar-refractivity contribution in [3.05, 3.63) is 47.5 Å². The molecule has 2 heteroatoms. The van der Waals surface area contributed by atoms with Crippen molar-refractivity contribution in [3.63, 3.8) is 0 Å². The predicted molar refractivity (Wildman–Crippen MR) is 65.6 cm³/mol. The number of benzene rings is 2. The Balaban J connectivity index is 2.31. The molecule has 0 aromatic heterocycles. The lowest BCUT2D eigenvalue weighted by Gasteiger charge is -2.08. The third kappa shape index (κ3) is 1.13. The van der Waals surface area contributed by atoms with Gasteiger partial charge in [0.15, 0.2) is 0 Å². The van der Waals surface area contributed by atoms with Crippen LogP contribution in [0.3, 0.4) is 0 Å². The van der Waals surface area contributed by atoms with Gasteiger partial charge in [-0.1, -0.05) is 24.3 Å². The summed E-state index contributed by atoms with van der Waals surface area (Å²) in [6.45, 7) is 0. The highest BCUT2D eigenvalue weighted by molar-refractivity contribution is 5.85. The molecule has 0 fully saturated rings. The van der Waals surface area contributed by atoms with Crippen LogP contribution in [0.15, 0.2) is 36.4 Å². The van der Waals surface area contributed by atoms with E-state index in [1.165, 1.54) is 22.3 Å². The Hall–Kier alpha value is -1.96. The molecule has 0 saturated heterocycles. The van der Waals surface area contributed by atoms with Crippen molar-refractivity contribution >= 4 is 5.69 Å². The summed E-state index contributed by atoms with van der Waals surface area (Å²) in [4.78, 5) is 0. The summed E-state index contributed by atoms with van der Waals surface area (Å²) in [6.07, 6.45) is 0.911. The second-order valence-corrected chi connectivity index (χ2v) is 4.04. The molecule has 80 valence electrons. The normalized spacial score (nSPS) is 12.1. The topological polar surface area (TPSA) is 35.2 Å². The molecule has 1 aliphatic rings. The number of rotatable bonds is 1. The SMILES string of the molecule is COc1cccc2c1-c1cccc(N)c1C2. The van der Waals surface area contributed by atoms with E-state index in [1.54, 1.807) is 7.11 Å². The lowest BCUT2D eigenvalue weighted by molar-refractivity contribution is 0.416. The molecule has 0 amide bonds. The lowest BCUT2D eigenvalue weighted by Crippen LogP contribution is -1.91. The Morgan fingerprint density at radius 1 is 1.12 bits per heavy atom. The molecule has 0 heterocycles. The molecule has 2 nitrogen and oxygen atoms in total. The molecule has 0 spiro atoms. The van der Waals surface area contributed by atoms with Gasteiger partial charge in [-0.2, -0.15) is 0 Å². The molecule has 3 rings (SSSR count). The molecule has 0 atom stereocenters. The minimum Gasteiger partial charge on any atom is -0.496 e. The molecule has 2 N–H and O–H groups in total. The van der Waals surface area contributed by atoms with Crippen LogP contribution in [-0.2, 0) is 6.42 Å². The second kappa shape index (κ2) is 3.27. The van der Waals surface area contributed by atoms with E-state index >= 15 is 0 Å². The first-order valence-corrected chi connectivity index (χ1v) is 5.35. The molecule has 1 aliphatic carbocycles. The van der Waals surface area contributed by atoms with E-state index in [9.17, 15) is 0 Å². The molecule has 2 aromatic rings. The van der Waals surface area contributed by atoms with Gasteiger partial charge in [0.1, 0.15) is 5.75 Å². The predicted octanol–water partition coefficient (Wildman–Crippen LogP) is 2.85. The maximum atomic E-state index is 6.00. The van der Waals surface area contributed by atoms with E-state index in [-0.39, 0.29) is 0 Å². The molecule has 0 unspecified atom stereocenters. The van der Waals surface area contributed by atoms with E-state index in [0.29, 0.717) is 0 Å². The Morgan fingerprint density at radius 3 is 2.75 bits per heavy atom. The minimum atomic E-state index is 0.871. The van der Waals surface area contributed by atoms with Crippen molar-refractivity contribution in [1.29, 1.82) is 0 Å². The highest BCUT2D eigenvalue weighted by Gasteiger charge is 2.22. The third-order valence-electron chi connectivity index (χ3n) is 3.18. The number of nitrogen functional groups attached to an aromatic ring is 1. The zero-order chi connectivity index (χ0) is 11.1. The number of ether oxygens (including phenoxy) is 1. The van der Waals surface area contributed by atoms with Crippen LogP contribution in [0.2, 0.25) is 0 Å². The number of methoxy groups -OCH3 is 1. The van der Waals surface area contributed by atoms with Crippen LogP contribution in [0, 0.1) is 0 Å². The number of anilines is 1. The van der Waals surface area contributed by atoms with E-state index in [1.807, 2.05) is 24.3 Å².